The third-order valence-corrected chi connectivity index (χ3v) is 6.02. The van der Waals surface area contributed by atoms with Gasteiger partial charge >= 0.3 is 0 Å². The summed E-state index contributed by atoms with van der Waals surface area (Å²) < 4.78 is 20.7. The van der Waals surface area contributed by atoms with Gasteiger partial charge in [0, 0.05) is 6.54 Å². The summed E-state index contributed by atoms with van der Waals surface area (Å²) in [7, 11) is 0. The Morgan fingerprint density at radius 2 is 1.76 bits per heavy atom. The predicted molar refractivity (Wildman–Crippen MR) is 123 cm³/mol. The van der Waals surface area contributed by atoms with Gasteiger partial charge in [-0.3, -0.25) is 9.59 Å². The zero-order valence-electron chi connectivity index (χ0n) is 18.8. The Morgan fingerprint density at radius 1 is 1.03 bits per heavy atom. The fraction of sp³-hybridized carbons (Fsp3) is 0.308. The maximum absolute atomic E-state index is 13.2. The van der Waals surface area contributed by atoms with E-state index in [1.54, 1.807) is 18.2 Å². The summed E-state index contributed by atoms with van der Waals surface area (Å²) in [5, 5.41) is 6.06. The molecule has 172 valence electrons. The molecule has 7 heteroatoms. The molecule has 2 unspecified atom stereocenters. The number of hydrogen-bond acceptors (Lipinski definition) is 3. The second-order valence-electron chi connectivity index (χ2n) is 8.19. The average molecular weight is 450 g/mol. The second kappa shape index (κ2) is 10.0. The molecule has 1 aliphatic heterocycles. The van der Waals surface area contributed by atoms with E-state index in [0.29, 0.717) is 30.1 Å². The molecule has 6 nitrogen and oxygen atoms in total. The number of benzene rings is 2. The molecule has 0 radical (unpaired) electrons. The third-order valence-electron chi connectivity index (χ3n) is 6.02. The van der Waals surface area contributed by atoms with Crippen LogP contribution in [-0.2, 0) is 17.9 Å². The summed E-state index contributed by atoms with van der Waals surface area (Å²) in [6.45, 7) is 5.09. The molecule has 2 N–H and O–H groups in total. The fourth-order valence-corrected chi connectivity index (χ4v) is 4.16. The van der Waals surface area contributed by atoms with Crippen LogP contribution in [0, 0.1) is 5.82 Å². The number of nitrogens with one attached hydrogen (secondary N) is 2. The normalized spacial score (nSPS) is 14.8. The van der Waals surface area contributed by atoms with Gasteiger partial charge in [0.2, 0.25) is 0 Å². The van der Waals surface area contributed by atoms with Crippen LogP contribution in [-0.4, -0.2) is 23.0 Å². The van der Waals surface area contributed by atoms with E-state index >= 15 is 0 Å². The lowest BCUT2D eigenvalue weighted by molar-refractivity contribution is 0.0774. The molecule has 0 aliphatic carbocycles. The fourth-order valence-electron chi connectivity index (χ4n) is 4.16. The van der Waals surface area contributed by atoms with Crippen LogP contribution < -0.4 is 10.6 Å². The quantitative estimate of drug-likeness (QED) is 0.557. The number of carbonyl (C=O) groups excluding carboxylic acids is 2. The number of nitrogens with zero attached hydrogens (tertiary/aromatic N) is 1. The molecule has 0 spiro atoms. The minimum Gasteiger partial charge on any atom is -0.373 e. The van der Waals surface area contributed by atoms with E-state index in [4.69, 9.17) is 4.74 Å². The highest BCUT2D eigenvalue weighted by Crippen LogP contribution is 2.24. The van der Waals surface area contributed by atoms with Crippen LogP contribution in [0.1, 0.15) is 70.0 Å². The van der Waals surface area contributed by atoms with Crippen molar-refractivity contribution in [2.75, 3.05) is 6.61 Å². The Bertz CT molecular complexity index is 1130. The smallest absolute Gasteiger partial charge is 0.268 e. The highest BCUT2D eigenvalue weighted by atomic mass is 19.1. The molecule has 0 saturated heterocycles. The Morgan fingerprint density at radius 3 is 2.45 bits per heavy atom. The van der Waals surface area contributed by atoms with Gasteiger partial charge in [-0.15, -0.1) is 0 Å². The molecule has 2 heterocycles. The van der Waals surface area contributed by atoms with Gasteiger partial charge in [-0.1, -0.05) is 49.4 Å². The summed E-state index contributed by atoms with van der Waals surface area (Å²) in [6.07, 6.45) is 0.741. The molecule has 2 atom stereocenters. The maximum Gasteiger partial charge on any atom is 0.268 e. The van der Waals surface area contributed by atoms with E-state index in [1.807, 2.05) is 48.7 Å². The number of rotatable bonds is 7. The summed E-state index contributed by atoms with van der Waals surface area (Å²) in [5.41, 5.74) is 3.39. The van der Waals surface area contributed by atoms with Gasteiger partial charge in [0.15, 0.2) is 0 Å². The molecule has 0 bridgehead atoms. The minimum atomic E-state index is -0.325. The van der Waals surface area contributed by atoms with Crippen LogP contribution in [0.3, 0.4) is 0 Å². The van der Waals surface area contributed by atoms with Crippen LogP contribution >= 0.6 is 0 Å². The van der Waals surface area contributed by atoms with Gasteiger partial charge in [0.05, 0.1) is 36.6 Å². The molecular weight excluding hydrogens is 421 g/mol. The summed E-state index contributed by atoms with van der Waals surface area (Å²) >= 11 is 0. The molecule has 3 aromatic rings. The number of hydrogen-bond donors (Lipinski definition) is 2. The topological polar surface area (TPSA) is 72.4 Å². The number of amides is 2. The zero-order valence-corrected chi connectivity index (χ0v) is 18.8. The maximum atomic E-state index is 13.2. The lowest BCUT2D eigenvalue weighted by Crippen LogP contribution is -2.31. The predicted octanol–water partition coefficient (Wildman–Crippen LogP) is 4.53. The standard InChI is InChI=1S/C26H28FN3O3/c1-3-22(19-7-5-4-6-8-19)29-25(31)21-15-23(30-13-14-33-16-24(21)30)26(32)28-17(2)18-9-11-20(27)12-10-18/h4-12,15,17,22H,3,13-14,16H2,1-2H3,(H,28,32)(H,29,31). The van der Waals surface area contributed by atoms with E-state index in [1.165, 1.54) is 12.1 Å². The number of carbonyl (C=O) groups is 2. The molecule has 4 rings (SSSR count). The molecule has 0 saturated carbocycles. The lowest BCUT2D eigenvalue weighted by Gasteiger charge is -2.21. The van der Waals surface area contributed by atoms with Gasteiger partial charge in [-0.25, -0.2) is 4.39 Å². The minimum absolute atomic E-state index is 0.130. The van der Waals surface area contributed by atoms with E-state index in [-0.39, 0.29) is 36.3 Å². The second-order valence-corrected chi connectivity index (χ2v) is 8.19. The van der Waals surface area contributed by atoms with Crippen molar-refractivity contribution in [3.8, 4) is 0 Å². The highest BCUT2D eigenvalue weighted by molar-refractivity contribution is 6.01. The first-order chi connectivity index (χ1) is 16.0. The highest BCUT2D eigenvalue weighted by Gasteiger charge is 2.27. The van der Waals surface area contributed by atoms with Gasteiger partial charge in [-0.05, 0) is 42.7 Å². The summed E-state index contributed by atoms with van der Waals surface area (Å²) in [6, 6.07) is 17.0. The van der Waals surface area contributed by atoms with Crippen LogP contribution in [0.25, 0.3) is 0 Å². The van der Waals surface area contributed by atoms with Gasteiger partial charge in [0.25, 0.3) is 11.8 Å². The number of ether oxygens (including phenoxy) is 1. The number of fused-ring (bicyclic) bond motifs is 1. The molecule has 1 aromatic heterocycles. The lowest BCUT2D eigenvalue weighted by atomic mass is 10.0. The Balaban J connectivity index is 1.56. The van der Waals surface area contributed by atoms with Gasteiger partial charge in [-0.2, -0.15) is 0 Å². The first kappa shape index (κ1) is 22.7. The van der Waals surface area contributed by atoms with Gasteiger partial charge < -0.3 is 19.9 Å². The van der Waals surface area contributed by atoms with Crippen molar-refractivity contribution in [1.29, 1.82) is 0 Å². The average Bonchev–Trinajstić information content (AvgIpc) is 3.23. The van der Waals surface area contributed by atoms with Crippen molar-refractivity contribution >= 4 is 11.8 Å². The first-order valence-electron chi connectivity index (χ1n) is 11.2. The summed E-state index contributed by atoms with van der Waals surface area (Å²) in [4.78, 5) is 26.3. The Hall–Kier alpha value is -3.45. The van der Waals surface area contributed by atoms with Crippen molar-refractivity contribution in [3.05, 3.63) is 94.6 Å². The van der Waals surface area contributed by atoms with Crippen molar-refractivity contribution in [2.24, 2.45) is 0 Å². The van der Waals surface area contributed by atoms with E-state index in [2.05, 4.69) is 10.6 Å². The van der Waals surface area contributed by atoms with Crippen LogP contribution in [0.5, 0.6) is 0 Å². The molecule has 0 fully saturated rings. The van der Waals surface area contributed by atoms with Crippen LogP contribution in [0.2, 0.25) is 0 Å². The largest absolute Gasteiger partial charge is 0.373 e. The summed E-state index contributed by atoms with van der Waals surface area (Å²) in [5.74, 6) is -0.843. The molecular formula is C26H28FN3O3. The van der Waals surface area contributed by atoms with Crippen molar-refractivity contribution in [1.82, 2.24) is 15.2 Å². The SMILES string of the molecule is CCC(NC(=O)c1cc(C(=O)NC(C)c2ccc(F)cc2)n2c1COCC2)c1ccccc1. The van der Waals surface area contributed by atoms with Gasteiger partial charge in [0.1, 0.15) is 11.5 Å². The van der Waals surface area contributed by atoms with Crippen molar-refractivity contribution in [3.63, 3.8) is 0 Å². The molecule has 2 aromatic carbocycles. The van der Waals surface area contributed by atoms with Crippen molar-refractivity contribution < 1.29 is 18.7 Å². The number of halogens is 1. The zero-order chi connectivity index (χ0) is 23.4. The first-order valence-corrected chi connectivity index (χ1v) is 11.2. The van der Waals surface area contributed by atoms with E-state index in [9.17, 15) is 14.0 Å². The Kier molecular flexibility index (Phi) is 6.89. The molecule has 1 aliphatic rings. The third kappa shape index (κ3) is 4.98. The molecule has 33 heavy (non-hydrogen) atoms. The Labute approximate surface area is 192 Å². The van der Waals surface area contributed by atoms with E-state index < -0.39 is 0 Å². The van der Waals surface area contributed by atoms with Crippen molar-refractivity contribution in [2.45, 2.75) is 45.5 Å². The van der Waals surface area contributed by atoms with Crippen LogP contribution in [0.15, 0.2) is 60.7 Å². The van der Waals surface area contributed by atoms with E-state index in [0.717, 1.165) is 17.5 Å². The molecule has 2 amide bonds. The monoisotopic (exact) mass is 449 g/mol. The number of aromatic nitrogens is 1. The van der Waals surface area contributed by atoms with Crippen LogP contribution in [0.4, 0.5) is 4.39 Å².